The van der Waals surface area contributed by atoms with E-state index in [1.54, 1.807) is 0 Å². The summed E-state index contributed by atoms with van der Waals surface area (Å²) in [5.41, 5.74) is 0. The van der Waals surface area contributed by atoms with Crippen molar-refractivity contribution in [1.29, 1.82) is 0 Å². The van der Waals surface area contributed by atoms with E-state index in [1.165, 1.54) is 270 Å². The fourth-order valence-electron chi connectivity index (χ4n) is 13.5. The molecular formula is C87H170O17P2. The molecule has 2 unspecified atom stereocenters. The van der Waals surface area contributed by atoms with E-state index in [0.717, 1.165) is 108 Å². The van der Waals surface area contributed by atoms with Gasteiger partial charge >= 0.3 is 39.5 Å². The summed E-state index contributed by atoms with van der Waals surface area (Å²) in [6, 6.07) is 0. The lowest BCUT2D eigenvalue weighted by Gasteiger charge is -2.21. The first-order valence-corrected chi connectivity index (χ1v) is 47.8. The molecule has 0 aromatic rings. The van der Waals surface area contributed by atoms with Crippen LogP contribution < -0.4 is 0 Å². The second-order valence-electron chi connectivity index (χ2n) is 32.7. The molecule has 0 spiro atoms. The molecule has 0 aromatic heterocycles. The molecule has 0 amide bonds. The first-order chi connectivity index (χ1) is 51.2. The van der Waals surface area contributed by atoms with E-state index < -0.39 is 97.5 Å². The van der Waals surface area contributed by atoms with E-state index in [-0.39, 0.29) is 25.7 Å². The third-order valence-electron chi connectivity index (χ3n) is 20.4. The third kappa shape index (κ3) is 80.1. The second-order valence-corrected chi connectivity index (χ2v) is 35.6. The lowest BCUT2D eigenvalue weighted by Crippen LogP contribution is -2.30. The molecule has 0 aliphatic carbocycles. The van der Waals surface area contributed by atoms with E-state index in [2.05, 4.69) is 48.5 Å². The summed E-state index contributed by atoms with van der Waals surface area (Å²) in [4.78, 5) is 73.2. The fourth-order valence-corrected chi connectivity index (χ4v) is 15.1. The Morgan fingerprint density at radius 1 is 0.255 bits per heavy atom. The van der Waals surface area contributed by atoms with Crippen LogP contribution in [0.15, 0.2) is 0 Å². The number of esters is 4. The molecule has 5 atom stereocenters. The maximum Gasteiger partial charge on any atom is 0.472 e. The van der Waals surface area contributed by atoms with Gasteiger partial charge < -0.3 is 33.8 Å². The summed E-state index contributed by atoms with van der Waals surface area (Å²) >= 11 is 0. The van der Waals surface area contributed by atoms with Crippen LogP contribution in [-0.2, 0) is 65.4 Å². The number of hydrogen-bond donors (Lipinski definition) is 3. The van der Waals surface area contributed by atoms with Crippen LogP contribution in [0, 0.1) is 17.8 Å². The minimum Gasteiger partial charge on any atom is -0.462 e. The van der Waals surface area contributed by atoms with Gasteiger partial charge in [-0.25, -0.2) is 9.13 Å². The maximum absolute atomic E-state index is 13.2. The van der Waals surface area contributed by atoms with E-state index >= 15 is 0 Å². The summed E-state index contributed by atoms with van der Waals surface area (Å²) in [6.07, 6.45) is 68.1. The van der Waals surface area contributed by atoms with Crippen molar-refractivity contribution in [2.24, 2.45) is 17.8 Å². The van der Waals surface area contributed by atoms with Gasteiger partial charge in [-0.3, -0.25) is 37.3 Å². The topological polar surface area (TPSA) is 237 Å². The minimum absolute atomic E-state index is 0.107. The molecule has 0 radical (unpaired) electrons. The lowest BCUT2D eigenvalue weighted by atomic mass is 10.0. The molecule has 0 saturated carbocycles. The van der Waals surface area contributed by atoms with Crippen molar-refractivity contribution in [1.82, 2.24) is 0 Å². The van der Waals surface area contributed by atoms with Crippen molar-refractivity contribution in [3.05, 3.63) is 0 Å². The molecule has 0 heterocycles. The van der Waals surface area contributed by atoms with E-state index in [9.17, 15) is 43.2 Å². The number of phosphoric ester groups is 2. The molecule has 0 rings (SSSR count). The number of phosphoric acid groups is 2. The van der Waals surface area contributed by atoms with Gasteiger partial charge in [-0.1, -0.05) is 408 Å². The van der Waals surface area contributed by atoms with E-state index in [1.807, 2.05) is 0 Å². The molecule has 0 fully saturated rings. The number of carbonyl (C=O) groups is 4. The number of hydrogen-bond acceptors (Lipinski definition) is 15. The summed E-state index contributed by atoms with van der Waals surface area (Å²) in [5, 5.41) is 10.7. The average molecular weight is 1550 g/mol. The number of ether oxygens (including phenoxy) is 4. The Bertz CT molecular complexity index is 2040. The normalized spacial score (nSPS) is 13.9. The molecule has 630 valence electrons. The van der Waals surface area contributed by atoms with Gasteiger partial charge in [-0.05, 0) is 43.4 Å². The van der Waals surface area contributed by atoms with Crippen LogP contribution in [0.4, 0.5) is 0 Å². The van der Waals surface area contributed by atoms with Crippen LogP contribution in [0.1, 0.15) is 459 Å². The van der Waals surface area contributed by atoms with Crippen LogP contribution in [-0.4, -0.2) is 96.7 Å². The summed E-state index contributed by atoms with van der Waals surface area (Å²) < 4.78 is 68.9. The summed E-state index contributed by atoms with van der Waals surface area (Å²) in [5.74, 6) is 0.316. The van der Waals surface area contributed by atoms with Gasteiger partial charge in [0.05, 0.1) is 26.4 Å². The monoisotopic (exact) mass is 1550 g/mol. The highest BCUT2D eigenvalue weighted by Crippen LogP contribution is 2.45. The molecule has 3 N–H and O–H groups in total. The number of rotatable bonds is 85. The molecule has 0 aliphatic rings. The Balaban J connectivity index is 5.20. The summed E-state index contributed by atoms with van der Waals surface area (Å²) in [7, 11) is -9.93. The van der Waals surface area contributed by atoms with Crippen molar-refractivity contribution < 1.29 is 80.2 Å². The van der Waals surface area contributed by atoms with E-state index in [4.69, 9.17) is 37.0 Å². The Morgan fingerprint density at radius 2 is 0.434 bits per heavy atom. The fraction of sp³-hybridized carbons (Fsp3) is 0.954. The minimum atomic E-state index is -4.97. The number of aliphatic hydroxyl groups is 1. The zero-order chi connectivity index (χ0) is 77.9. The molecule has 0 aliphatic heterocycles. The van der Waals surface area contributed by atoms with Crippen molar-refractivity contribution in [3.8, 4) is 0 Å². The van der Waals surface area contributed by atoms with Crippen molar-refractivity contribution in [2.75, 3.05) is 39.6 Å². The predicted octanol–water partition coefficient (Wildman–Crippen LogP) is 26.5. The predicted molar refractivity (Wildman–Crippen MR) is 437 cm³/mol. The first-order valence-electron chi connectivity index (χ1n) is 44.8. The highest BCUT2D eigenvalue weighted by Gasteiger charge is 2.30. The second kappa shape index (κ2) is 77.0. The molecular weight excluding hydrogens is 1380 g/mol. The molecule has 106 heavy (non-hydrogen) atoms. The van der Waals surface area contributed by atoms with Crippen LogP contribution in [0.3, 0.4) is 0 Å². The molecule has 0 aromatic carbocycles. The smallest absolute Gasteiger partial charge is 0.462 e. The average Bonchev–Trinajstić information content (AvgIpc) is 0.914. The first kappa shape index (κ1) is 104. The van der Waals surface area contributed by atoms with Gasteiger partial charge in [0.2, 0.25) is 0 Å². The molecule has 19 heteroatoms. The number of unbranched alkanes of at least 4 members (excludes halogenated alkanes) is 53. The Morgan fingerprint density at radius 3 is 0.642 bits per heavy atom. The lowest BCUT2D eigenvalue weighted by molar-refractivity contribution is -0.161. The molecule has 17 nitrogen and oxygen atoms in total. The largest absolute Gasteiger partial charge is 0.472 e. The van der Waals surface area contributed by atoms with Crippen molar-refractivity contribution in [3.63, 3.8) is 0 Å². The standard InChI is InChI=1S/C87H170O17P2/c1-8-9-10-11-12-37-47-54-61-68-84(89)97-74-82(103-87(92)71-64-57-50-43-36-30-29-33-40-46-53-60-67-80(6)7)76-101-105(93,94)99-72-81(88)73-100-106(95,96)102-77-83(104-86(91)70-63-56-49-42-35-28-24-20-16-14-18-22-26-32-39-45-52-59-66-79(4)5)75-98-85(90)69-62-55-48-41-34-27-23-19-15-13-17-21-25-31-38-44-51-58-65-78(2)3/h78-83,88H,8-77H2,1-7H3,(H,93,94)(H,95,96)/t81-,82+,83+/m0/s1. The third-order valence-corrected chi connectivity index (χ3v) is 22.3. The zero-order valence-corrected chi connectivity index (χ0v) is 71.7. The van der Waals surface area contributed by atoms with Gasteiger partial charge in [-0.2, -0.15) is 0 Å². The quantitative estimate of drug-likeness (QED) is 0.0222. The number of aliphatic hydroxyl groups excluding tert-OH is 1. The number of carbonyl (C=O) groups excluding carboxylic acids is 4. The van der Waals surface area contributed by atoms with Crippen LogP contribution in [0.5, 0.6) is 0 Å². The van der Waals surface area contributed by atoms with Gasteiger partial charge in [0.15, 0.2) is 12.2 Å². The Labute approximate surface area is 651 Å². The molecule has 0 saturated heterocycles. The van der Waals surface area contributed by atoms with Gasteiger partial charge in [-0.15, -0.1) is 0 Å². The van der Waals surface area contributed by atoms with Gasteiger partial charge in [0, 0.05) is 25.7 Å². The van der Waals surface area contributed by atoms with Crippen molar-refractivity contribution in [2.45, 2.75) is 478 Å². The highest BCUT2D eigenvalue weighted by atomic mass is 31.2. The summed E-state index contributed by atoms with van der Waals surface area (Å²) in [6.45, 7) is 12.0. The van der Waals surface area contributed by atoms with Crippen LogP contribution >= 0.6 is 15.6 Å². The van der Waals surface area contributed by atoms with Gasteiger partial charge in [0.25, 0.3) is 0 Å². The van der Waals surface area contributed by atoms with Crippen LogP contribution in [0.2, 0.25) is 0 Å². The Hall–Kier alpha value is -1.94. The van der Waals surface area contributed by atoms with Crippen molar-refractivity contribution >= 4 is 39.5 Å². The zero-order valence-electron chi connectivity index (χ0n) is 69.9. The molecule has 0 bridgehead atoms. The highest BCUT2D eigenvalue weighted by molar-refractivity contribution is 7.47. The SMILES string of the molecule is CCCCCCCCCCCC(=O)OC[C@H](COP(=O)(O)OC[C@H](O)COP(=O)(O)OC[C@@H](COC(=O)CCCCCCCCCCCCCCCCCCCCC(C)C)OC(=O)CCCCCCCCCCCCCCCCCCCCC(C)C)OC(=O)CCCCCCCCCCCCCCC(C)C. The van der Waals surface area contributed by atoms with E-state index in [0.29, 0.717) is 25.7 Å². The maximum atomic E-state index is 13.2. The van der Waals surface area contributed by atoms with Gasteiger partial charge in [0.1, 0.15) is 19.3 Å². The van der Waals surface area contributed by atoms with Crippen LogP contribution in [0.25, 0.3) is 0 Å². The Kier molecular flexibility index (Phi) is 75.6.